The Morgan fingerprint density at radius 3 is 2.92 bits per heavy atom. The van der Waals surface area contributed by atoms with Gasteiger partial charge in [0.15, 0.2) is 0 Å². The van der Waals surface area contributed by atoms with E-state index >= 15 is 0 Å². The molecule has 0 aliphatic carbocycles. The summed E-state index contributed by atoms with van der Waals surface area (Å²) in [4.78, 5) is 0.858. The molecule has 62 valence electrons. The van der Waals surface area contributed by atoms with Crippen molar-refractivity contribution in [1.29, 1.82) is 5.26 Å². The normalized spacial score (nSPS) is 9.33. The molecule has 2 N–H and O–H groups in total. The van der Waals surface area contributed by atoms with Gasteiger partial charge in [0.1, 0.15) is 5.40 Å². The third-order valence-corrected chi connectivity index (χ3v) is 2.31. The first kappa shape index (κ1) is 8.95. The standard InChI is InChI=1S/C9H10N2S/c1-2-7-3-4-8(11)9(5-7)12-6-10/h3-5H,2,11H2,1H3. The van der Waals surface area contributed by atoms with Crippen LogP contribution in [0.2, 0.25) is 0 Å². The number of nitrogens with zero attached hydrogens (tertiary/aromatic N) is 1. The maximum atomic E-state index is 8.47. The van der Waals surface area contributed by atoms with E-state index in [1.807, 2.05) is 23.6 Å². The highest BCUT2D eigenvalue weighted by Gasteiger charge is 1.99. The second-order valence-corrected chi connectivity index (χ2v) is 3.25. The summed E-state index contributed by atoms with van der Waals surface area (Å²) in [7, 11) is 0. The number of thioether (sulfide) groups is 1. The molecule has 1 rings (SSSR count). The third-order valence-electron chi connectivity index (χ3n) is 1.64. The summed E-state index contributed by atoms with van der Waals surface area (Å²) in [5.74, 6) is 0. The third kappa shape index (κ3) is 1.93. The van der Waals surface area contributed by atoms with Gasteiger partial charge in [0.05, 0.1) is 0 Å². The van der Waals surface area contributed by atoms with Gasteiger partial charge < -0.3 is 5.73 Å². The van der Waals surface area contributed by atoms with Crippen LogP contribution in [0.1, 0.15) is 12.5 Å². The molecule has 0 heterocycles. The fourth-order valence-electron chi connectivity index (χ4n) is 0.936. The summed E-state index contributed by atoms with van der Waals surface area (Å²) in [5.41, 5.74) is 7.55. The van der Waals surface area contributed by atoms with Gasteiger partial charge in [-0.1, -0.05) is 13.0 Å². The maximum absolute atomic E-state index is 8.47. The van der Waals surface area contributed by atoms with Crippen LogP contribution in [0.15, 0.2) is 23.1 Å². The minimum Gasteiger partial charge on any atom is -0.398 e. The SMILES string of the molecule is CCc1ccc(N)c(SC#N)c1. The summed E-state index contributed by atoms with van der Waals surface area (Å²) in [6.07, 6.45) is 0.971. The van der Waals surface area contributed by atoms with Gasteiger partial charge in [0.25, 0.3) is 0 Å². The second kappa shape index (κ2) is 4.03. The molecule has 0 aliphatic heterocycles. The van der Waals surface area contributed by atoms with E-state index in [0.717, 1.165) is 23.1 Å². The molecule has 0 radical (unpaired) electrons. The lowest BCUT2D eigenvalue weighted by molar-refractivity contribution is 1.13. The molecular weight excluding hydrogens is 168 g/mol. The number of aryl methyl sites for hydroxylation is 1. The van der Waals surface area contributed by atoms with E-state index in [2.05, 4.69) is 6.92 Å². The van der Waals surface area contributed by atoms with Gasteiger partial charge in [-0.2, -0.15) is 5.26 Å². The molecule has 0 saturated heterocycles. The average Bonchev–Trinajstić information content (AvgIpc) is 2.09. The lowest BCUT2D eigenvalue weighted by atomic mass is 10.1. The van der Waals surface area contributed by atoms with E-state index in [-0.39, 0.29) is 0 Å². The lowest BCUT2D eigenvalue weighted by Gasteiger charge is -2.02. The second-order valence-electron chi connectivity index (χ2n) is 2.42. The molecule has 0 atom stereocenters. The van der Waals surface area contributed by atoms with Crippen molar-refractivity contribution in [3.8, 4) is 5.40 Å². The Bertz CT molecular complexity index is 315. The van der Waals surface area contributed by atoms with E-state index < -0.39 is 0 Å². The van der Waals surface area contributed by atoms with Crippen LogP contribution in [0, 0.1) is 10.7 Å². The van der Waals surface area contributed by atoms with Crippen LogP contribution in [-0.2, 0) is 6.42 Å². The van der Waals surface area contributed by atoms with Crippen LogP contribution in [0.5, 0.6) is 0 Å². The molecule has 0 fully saturated rings. The molecule has 1 aromatic rings. The molecule has 0 spiro atoms. The Hall–Kier alpha value is -1.14. The maximum Gasteiger partial charge on any atom is 0.138 e. The first-order valence-electron chi connectivity index (χ1n) is 3.72. The fourth-order valence-corrected chi connectivity index (χ4v) is 1.43. The first-order valence-corrected chi connectivity index (χ1v) is 4.54. The number of hydrogen-bond donors (Lipinski definition) is 1. The molecule has 0 aromatic heterocycles. The van der Waals surface area contributed by atoms with Crippen molar-refractivity contribution in [3.63, 3.8) is 0 Å². The van der Waals surface area contributed by atoms with Crippen molar-refractivity contribution in [2.24, 2.45) is 0 Å². The van der Waals surface area contributed by atoms with E-state index in [1.165, 1.54) is 5.56 Å². The number of nitriles is 1. The predicted molar refractivity (Wildman–Crippen MR) is 51.7 cm³/mol. The van der Waals surface area contributed by atoms with Gasteiger partial charge in [0, 0.05) is 10.6 Å². The molecule has 1 aromatic carbocycles. The van der Waals surface area contributed by atoms with Crippen molar-refractivity contribution in [1.82, 2.24) is 0 Å². The molecule has 0 amide bonds. The van der Waals surface area contributed by atoms with Gasteiger partial charge in [-0.25, -0.2) is 0 Å². The highest BCUT2D eigenvalue weighted by molar-refractivity contribution is 8.03. The van der Waals surface area contributed by atoms with Gasteiger partial charge in [0.2, 0.25) is 0 Å². The molecule has 3 heteroatoms. The molecule has 0 aliphatic rings. The summed E-state index contributed by atoms with van der Waals surface area (Å²) < 4.78 is 0. The number of hydrogen-bond acceptors (Lipinski definition) is 3. The Morgan fingerprint density at radius 2 is 2.33 bits per heavy atom. The van der Waals surface area contributed by atoms with E-state index in [9.17, 15) is 0 Å². The van der Waals surface area contributed by atoms with Crippen LogP contribution in [0.4, 0.5) is 5.69 Å². The van der Waals surface area contributed by atoms with Crippen molar-refractivity contribution < 1.29 is 0 Å². The number of anilines is 1. The highest BCUT2D eigenvalue weighted by atomic mass is 32.2. The monoisotopic (exact) mass is 178 g/mol. The smallest absolute Gasteiger partial charge is 0.138 e. The van der Waals surface area contributed by atoms with Crippen LogP contribution in [-0.4, -0.2) is 0 Å². The summed E-state index contributed by atoms with van der Waals surface area (Å²) in [6, 6.07) is 5.79. The van der Waals surface area contributed by atoms with Crippen LogP contribution >= 0.6 is 11.8 Å². The summed E-state index contributed by atoms with van der Waals surface area (Å²) >= 11 is 1.11. The minimum absolute atomic E-state index is 0.679. The van der Waals surface area contributed by atoms with Gasteiger partial charge in [-0.05, 0) is 35.9 Å². The van der Waals surface area contributed by atoms with E-state index in [0.29, 0.717) is 5.69 Å². The van der Waals surface area contributed by atoms with Crippen LogP contribution < -0.4 is 5.73 Å². The number of nitrogen functional groups attached to an aromatic ring is 1. The quantitative estimate of drug-likeness (QED) is 0.430. The zero-order valence-corrected chi connectivity index (χ0v) is 7.69. The number of thiocyanates is 1. The summed E-state index contributed by atoms with van der Waals surface area (Å²) in [6.45, 7) is 2.08. The topological polar surface area (TPSA) is 49.8 Å². The van der Waals surface area contributed by atoms with Crippen molar-refractivity contribution >= 4 is 17.4 Å². The fraction of sp³-hybridized carbons (Fsp3) is 0.222. The molecule has 0 unspecified atom stereocenters. The largest absolute Gasteiger partial charge is 0.398 e. The summed E-state index contributed by atoms with van der Waals surface area (Å²) in [5, 5.41) is 10.5. The average molecular weight is 178 g/mol. The van der Waals surface area contributed by atoms with Crippen molar-refractivity contribution in [2.75, 3.05) is 5.73 Å². The van der Waals surface area contributed by atoms with Crippen molar-refractivity contribution in [2.45, 2.75) is 18.2 Å². The van der Waals surface area contributed by atoms with E-state index in [4.69, 9.17) is 11.0 Å². The zero-order valence-electron chi connectivity index (χ0n) is 6.87. The Kier molecular flexibility index (Phi) is 3.01. The number of rotatable bonds is 2. The molecular formula is C9H10N2S. The Labute approximate surface area is 76.4 Å². The van der Waals surface area contributed by atoms with Crippen LogP contribution in [0.3, 0.4) is 0 Å². The minimum atomic E-state index is 0.679. The van der Waals surface area contributed by atoms with E-state index in [1.54, 1.807) is 0 Å². The van der Waals surface area contributed by atoms with Gasteiger partial charge in [-0.15, -0.1) is 0 Å². The lowest BCUT2D eigenvalue weighted by Crippen LogP contribution is -1.89. The molecule has 2 nitrogen and oxygen atoms in total. The van der Waals surface area contributed by atoms with Crippen molar-refractivity contribution in [3.05, 3.63) is 23.8 Å². The Balaban J connectivity index is 3.01. The number of benzene rings is 1. The van der Waals surface area contributed by atoms with Gasteiger partial charge >= 0.3 is 0 Å². The van der Waals surface area contributed by atoms with Crippen LogP contribution in [0.25, 0.3) is 0 Å². The highest BCUT2D eigenvalue weighted by Crippen LogP contribution is 2.25. The number of nitrogens with two attached hydrogens (primary N) is 1. The molecule has 12 heavy (non-hydrogen) atoms. The molecule has 0 bridgehead atoms. The van der Waals surface area contributed by atoms with Gasteiger partial charge in [-0.3, -0.25) is 0 Å². The first-order chi connectivity index (χ1) is 5.77. The molecule has 0 saturated carbocycles. The zero-order chi connectivity index (χ0) is 8.97. The predicted octanol–water partition coefficient (Wildman–Crippen LogP) is 2.40. The Morgan fingerprint density at radius 1 is 1.58 bits per heavy atom.